The summed E-state index contributed by atoms with van der Waals surface area (Å²) in [7, 11) is 1.65. The molecule has 26 heavy (non-hydrogen) atoms. The largest absolute Gasteiger partial charge is 0.497 e. The van der Waals surface area contributed by atoms with Crippen molar-refractivity contribution in [3.63, 3.8) is 0 Å². The molecule has 2 aromatic rings. The van der Waals surface area contributed by atoms with Gasteiger partial charge in [0, 0.05) is 42.3 Å². The minimum absolute atomic E-state index is 0.00369. The zero-order chi connectivity index (χ0) is 18.5. The van der Waals surface area contributed by atoms with Gasteiger partial charge in [-0.15, -0.1) is 0 Å². The fourth-order valence-electron chi connectivity index (χ4n) is 2.97. The van der Waals surface area contributed by atoms with Gasteiger partial charge >= 0.3 is 0 Å². The van der Waals surface area contributed by atoms with Crippen molar-refractivity contribution in [2.45, 2.75) is 12.2 Å². The number of hydrogen-bond donors (Lipinski definition) is 1. The van der Waals surface area contributed by atoms with Crippen molar-refractivity contribution in [1.29, 1.82) is 0 Å². The molecule has 0 bridgehead atoms. The summed E-state index contributed by atoms with van der Waals surface area (Å²) in [5, 5.41) is 2.97. The SMILES string of the molecule is COc1ccc(C2CN(C(=O)c3cccc(NC(C)=O)c3)CCS2)cc1. The summed E-state index contributed by atoms with van der Waals surface area (Å²) in [5.74, 6) is 1.57. The molecule has 0 radical (unpaired) electrons. The third kappa shape index (κ3) is 4.38. The van der Waals surface area contributed by atoms with Crippen LogP contribution < -0.4 is 10.1 Å². The van der Waals surface area contributed by atoms with Gasteiger partial charge in [-0.3, -0.25) is 9.59 Å². The fraction of sp³-hybridized carbons (Fsp3) is 0.300. The molecule has 0 aliphatic carbocycles. The van der Waals surface area contributed by atoms with Gasteiger partial charge in [0.2, 0.25) is 5.91 Å². The molecule has 1 atom stereocenters. The monoisotopic (exact) mass is 370 g/mol. The first kappa shape index (κ1) is 18.3. The number of amides is 2. The van der Waals surface area contributed by atoms with Crippen molar-refractivity contribution in [2.24, 2.45) is 0 Å². The standard InChI is InChI=1S/C20H22N2O3S/c1-14(23)21-17-5-3-4-16(12-17)20(24)22-10-11-26-19(13-22)15-6-8-18(25-2)9-7-15/h3-9,12,19H,10-11,13H2,1-2H3,(H,21,23). The Morgan fingerprint density at radius 3 is 2.65 bits per heavy atom. The van der Waals surface area contributed by atoms with Gasteiger partial charge in [0.25, 0.3) is 5.91 Å². The molecular weight excluding hydrogens is 348 g/mol. The molecule has 1 saturated heterocycles. The van der Waals surface area contributed by atoms with Crippen LogP contribution >= 0.6 is 11.8 Å². The summed E-state index contributed by atoms with van der Waals surface area (Å²) in [4.78, 5) is 26.0. The van der Waals surface area contributed by atoms with Crippen LogP contribution in [0.2, 0.25) is 0 Å². The van der Waals surface area contributed by atoms with Crippen molar-refractivity contribution < 1.29 is 14.3 Å². The number of rotatable bonds is 4. The fourth-order valence-corrected chi connectivity index (χ4v) is 4.22. The lowest BCUT2D eigenvalue weighted by Gasteiger charge is -2.33. The molecule has 0 aromatic heterocycles. The number of methoxy groups -OCH3 is 1. The van der Waals surface area contributed by atoms with E-state index in [1.54, 1.807) is 31.4 Å². The molecule has 1 aliphatic heterocycles. The average molecular weight is 370 g/mol. The minimum atomic E-state index is -0.149. The molecule has 6 heteroatoms. The summed E-state index contributed by atoms with van der Waals surface area (Å²) < 4.78 is 5.21. The lowest BCUT2D eigenvalue weighted by molar-refractivity contribution is -0.114. The molecule has 1 unspecified atom stereocenters. The Balaban J connectivity index is 1.72. The lowest BCUT2D eigenvalue weighted by atomic mass is 10.1. The molecule has 2 amide bonds. The highest BCUT2D eigenvalue weighted by Crippen LogP contribution is 2.34. The Morgan fingerprint density at radius 1 is 1.19 bits per heavy atom. The molecule has 1 heterocycles. The summed E-state index contributed by atoms with van der Waals surface area (Å²) in [6, 6.07) is 15.1. The average Bonchev–Trinajstić information content (AvgIpc) is 2.67. The summed E-state index contributed by atoms with van der Waals surface area (Å²) in [5.41, 5.74) is 2.43. The molecule has 1 fully saturated rings. The van der Waals surface area contributed by atoms with Crippen molar-refractivity contribution in [1.82, 2.24) is 4.90 Å². The van der Waals surface area contributed by atoms with Crippen LogP contribution in [-0.4, -0.2) is 42.7 Å². The van der Waals surface area contributed by atoms with Gasteiger partial charge in [-0.1, -0.05) is 18.2 Å². The predicted octanol–water partition coefficient (Wildman–Crippen LogP) is 3.58. The quantitative estimate of drug-likeness (QED) is 0.894. The number of ether oxygens (including phenoxy) is 1. The highest BCUT2D eigenvalue weighted by Gasteiger charge is 2.26. The Hall–Kier alpha value is -2.47. The second kappa shape index (κ2) is 8.27. The maximum absolute atomic E-state index is 12.9. The third-order valence-electron chi connectivity index (χ3n) is 4.27. The van der Waals surface area contributed by atoms with Crippen LogP contribution in [0.1, 0.15) is 28.1 Å². The number of nitrogens with zero attached hydrogens (tertiary/aromatic N) is 1. The zero-order valence-electron chi connectivity index (χ0n) is 14.9. The van der Waals surface area contributed by atoms with Gasteiger partial charge in [0.15, 0.2) is 0 Å². The number of thioether (sulfide) groups is 1. The van der Waals surface area contributed by atoms with Crippen LogP contribution in [0, 0.1) is 0 Å². The Morgan fingerprint density at radius 2 is 1.96 bits per heavy atom. The molecule has 0 saturated carbocycles. The van der Waals surface area contributed by atoms with Crippen LogP contribution in [0.15, 0.2) is 48.5 Å². The summed E-state index contributed by atoms with van der Waals surface area (Å²) in [6.07, 6.45) is 0. The first-order chi connectivity index (χ1) is 12.6. The molecule has 2 aromatic carbocycles. The number of carbonyl (C=O) groups is 2. The first-order valence-electron chi connectivity index (χ1n) is 8.49. The predicted molar refractivity (Wildman–Crippen MR) is 105 cm³/mol. The molecule has 136 valence electrons. The first-order valence-corrected chi connectivity index (χ1v) is 9.54. The maximum atomic E-state index is 12.9. The van der Waals surface area contributed by atoms with Gasteiger partial charge < -0.3 is 15.0 Å². The van der Waals surface area contributed by atoms with E-state index in [4.69, 9.17) is 4.74 Å². The molecular formula is C20H22N2O3S. The second-order valence-electron chi connectivity index (χ2n) is 6.15. The normalized spacial score (nSPS) is 16.8. The van der Waals surface area contributed by atoms with E-state index in [1.165, 1.54) is 12.5 Å². The van der Waals surface area contributed by atoms with E-state index in [9.17, 15) is 9.59 Å². The van der Waals surface area contributed by atoms with Gasteiger partial charge in [-0.25, -0.2) is 0 Å². The van der Waals surface area contributed by atoms with Crippen molar-refractivity contribution >= 4 is 29.3 Å². The topological polar surface area (TPSA) is 58.6 Å². The number of nitrogens with one attached hydrogen (secondary N) is 1. The van der Waals surface area contributed by atoms with Gasteiger partial charge in [0.1, 0.15) is 5.75 Å². The Bertz CT molecular complexity index is 792. The van der Waals surface area contributed by atoms with Crippen LogP contribution in [0.4, 0.5) is 5.69 Å². The van der Waals surface area contributed by atoms with Crippen LogP contribution in [0.3, 0.4) is 0 Å². The van der Waals surface area contributed by atoms with Crippen molar-refractivity contribution in [3.8, 4) is 5.75 Å². The van der Waals surface area contributed by atoms with E-state index in [2.05, 4.69) is 17.4 Å². The lowest BCUT2D eigenvalue weighted by Crippen LogP contribution is -2.39. The van der Waals surface area contributed by atoms with E-state index < -0.39 is 0 Å². The van der Waals surface area contributed by atoms with Crippen LogP contribution in [0.5, 0.6) is 5.75 Å². The highest BCUT2D eigenvalue weighted by atomic mass is 32.2. The van der Waals surface area contributed by atoms with Gasteiger partial charge in [0.05, 0.1) is 7.11 Å². The molecule has 5 nitrogen and oxygen atoms in total. The maximum Gasteiger partial charge on any atom is 0.254 e. The van der Waals surface area contributed by atoms with Gasteiger partial charge in [-0.2, -0.15) is 11.8 Å². The minimum Gasteiger partial charge on any atom is -0.497 e. The summed E-state index contributed by atoms with van der Waals surface area (Å²) in [6.45, 7) is 2.84. The third-order valence-corrected chi connectivity index (χ3v) is 5.51. The van der Waals surface area contributed by atoms with Crippen molar-refractivity contribution in [3.05, 3.63) is 59.7 Å². The number of benzene rings is 2. The molecule has 1 aliphatic rings. The number of carbonyl (C=O) groups excluding carboxylic acids is 2. The smallest absolute Gasteiger partial charge is 0.254 e. The molecule has 3 rings (SSSR count). The molecule has 0 spiro atoms. The van der Waals surface area contributed by atoms with E-state index in [1.807, 2.05) is 28.8 Å². The van der Waals surface area contributed by atoms with E-state index in [-0.39, 0.29) is 17.1 Å². The van der Waals surface area contributed by atoms with Crippen LogP contribution in [0.25, 0.3) is 0 Å². The zero-order valence-corrected chi connectivity index (χ0v) is 15.7. The highest BCUT2D eigenvalue weighted by molar-refractivity contribution is 7.99. The number of hydrogen-bond acceptors (Lipinski definition) is 4. The Labute approximate surface area is 157 Å². The summed E-state index contributed by atoms with van der Waals surface area (Å²) >= 11 is 1.87. The van der Waals surface area contributed by atoms with E-state index in [0.717, 1.165) is 18.0 Å². The van der Waals surface area contributed by atoms with Crippen molar-refractivity contribution in [2.75, 3.05) is 31.3 Å². The Kier molecular flexibility index (Phi) is 5.83. The van der Waals surface area contributed by atoms with E-state index in [0.29, 0.717) is 17.8 Å². The number of anilines is 1. The molecule has 1 N–H and O–H groups in total. The van der Waals surface area contributed by atoms with Gasteiger partial charge in [-0.05, 0) is 35.9 Å². The van der Waals surface area contributed by atoms with E-state index >= 15 is 0 Å². The van der Waals surface area contributed by atoms with Crippen LogP contribution in [-0.2, 0) is 4.79 Å². The second-order valence-corrected chi connectivity index (χ2v) is 7.46.